The predicted molar refractivity (Wildman–Crippen MR) is 55.1 cm³/mol. The van der Waals surface area contributed by atoms with Crippen LogP contribution in [0.15, 0.2) is 30.7 Å². The Bertz CT molecular complexity index is 460. The second kappa shape index (κ2) is 2.82. The summed E-state index contributed by atoms with van der Waals surface area (Å²) in [5, 5.41) is 0. The Kier molecular flexibility index (Phi) is 1.61. The standard InChI is InChI=1S/C11H13N3/c12-10-2-1-9(10)8-3-5-14-6-4-13-11(14)7-8/h3-7,9-10H,1-2,12H2. The molecule has 2 heterocycles. The fourth-order valence-corrected chi connectivity index (χ4v) is 2.10. The van der Waals surface area contributed by atoms with E-state index in [0.29, 0.717) is 12.0 Å². The second-order valence-corrected chi connectivity index (χ2v) is 4.00. The summed E-state index contributed by atoms with van der Waals surface area (Å²) in [6, 6.07) is 4.65. The van der Waals surface area contributed by atoms with Crippen molar-refractivity contribution in [3.63, 3.8) is 0 Å². The molecule has 2 N–H and O–H groups in total. The van der Waals surface area contributed by atoms with Gasteiger partial charge in [-0.15, -0.1) is 0 Å². The Morgan fingerprint density at radius 1 is 1.36 bits per heavy atom. The summed E-state index contributed by atoms with van der Waals surface area (Å²) in [6.07, 6.45) is 8.21. The number of hydrogen-bond acceptors (Lipinski definition) is 2. The third-order valence-corrected chi connectivity index (χ3v) is 3.18. The van der Waals surface area contributed by atoms with Crippen LogP contribution >= 0.6 is 0 Å². The Morgan fingerprint density at radius 2 is 2.29 bits per heavy atom. The van der Waals surface area contributed by atoms with Gasteiger partial charge in [-0.05, 0) is 36.5 Å². The van der Waals surface area contributed by atoms with E-state index in [2.05, 4.69) is 23.3 Å². The summed E-state index contributed by atoms with van der Waals surface area (Å²) in [5.41, 5.74) is 8.30. The van der Waals surface area contributed by atoms with Gasteiger partial charge in [0.1, 0.15) is 5.65 Å². The fraction of sp³-hybridized carbons (Fsp3) is 0.364. The molecule has 14 heavy (non-hydrogen) atoms. The van der Waals surface area contributed by atoms with Gasteiger partial charge in [-0.1, -0.05) is 0 Å². The highest BCUT2D eigenvalue weighted by molar-refractivity contribution is 5.43. The highest BCUT2D eigenvalue weighted by Gasteiger charge is 2.28. The minimum atomic E-state index is 0.354. The highest BCUT2D eigenvalue weighted by atomic mass is 15.0. The van der Waals surface area contributed by atoms with E-state index < -0.39 is 0 Å². The lowest BCUT2D eigenvalue weighted by molar-refractivity contribution is 0.346. The van der Waals surface area contributed by atoms with Crippen LogP contribution < -0.4 is 5.73 Å². The molecule has 3 nitrogen and oxygen atoms in total. The van der Waals surface area contributed by atoms with Gasteiger partial charge >= 0.3 is 0 Å². The molecule has 0 radical (unpaired) electrons. The molecule has 1 aliphatic carbocycles. The maximum atomic E-state index is 5.95. The first-order chi connectivity index (χ1) is 6.84. The molecule has 0 spiro atoms. The van der Waals surface area contributed by atoms with Crippen LogP contribution in [-0.2, 0) is 0 Å². The molecule has 0 saturated heterocycles. The van der Waals surface area contributed by atoms with Crippen LogP contribution in [0.1, 0.15) is 24.3 Å². The topological polar surface area (TPSA) is 43.3 Å². The third-order valence-electron chi connectivity index (χ3n) is 3.18. The monoisotopic (exact) mass is 187 g/mol. The largest absolute Gasteiger partial charge is 0.327 e. The van der Waals surface area contributed by atoms with E-state index in [-0.39, 0.29) is 0 Å². The lowest BCUT2D eigenvalue weighted by atomic mass is 9.76. The van der Waals surface area contributed by atoms with Gasteiger partial charge in [-0.25, -0.2) is 4.98 Å². The van der Waals surface area contributed by atoms with Gasteiger partial charge in [-0.2, -0.15) is 0 Å². The van der Waals surface area contributed by atoms with Crippen molar-refractivity contribution in [2.24, 2.45) is 5.73 Å². The van der Waals surface area contributed by atoms with Crippen LogP contribution in [0.3, 0.4) is 0 Å². The minimum absolute atomic E-state index is 0.354. The molecule has 3 rings (SSSR count). The van der Waals surface area contributed by atoms with E-state index in [1.54, 1.807) is 0 Å². The molecule has 0 aromatic carbocycles. The fourth-order valence-electron chi connectivity index (χ4n) is 2.10. The number of aromatic nitrogens is 2. The molecule has 2 aromatic rings. The number of fused-ring (bicyclic) bond motifs is 1. The van der Waals surface area contributed by atoms with Crippen LogP contribution in [0.2, 0.25) is 0 Å². The van der Waals surface area contributed by atoms with Gasteiger partial charge < -0.3 is 10.1 Å². The minimum Gasteiger partial charge on any atom is -0.327 e. The molecule has 1 fully saturated rings. The summed E-state index contributed by atoms with van der Waals surface area (Å²) < 4.78 is 2.02. The lowest BCUT2D eigenvalue weighted by Crippen LogP contribution is -2.37. The van der Waals surface area contributed by atoms with Gasteiger partial charge in [0.15, 0.2) is 0 Å². The van der Waals surface area contributed by atoms with E-state index in [4.69, 9.17) is 5.73 Å². The van der Waals surface area contributed by atoms with Gasteiger partial charge in [0, 0.05) is 24.6 Å². The predicted octanol–water partition coefficient (Wildman–Crippen LogP) is 1.54. The first-order valence-corrected chi connectivity index (χ1v) is 5.03. The molecule has 0 aliphatic heterocycles. The van der Waals surface area contributed by atoms with Crippen LogP contribution in [0.4, 0.5) is 0 Å². The molecular formula is C11H13N3. The Morgan fingerprint density at radius 3 is 3.00 bits per heavy atom. The number of nitrogens with zero attached hydrogens (tertiary/aromatic N) is 2. The molecule has 0 amide bonds. The number of imidazole rings is 1. The molecule has 0 bridgehead atoms. The quantitative estimate of drug-likeness (QED) is 0.736. The van der Waals surface area contributed by atoms with Crippen molar-refractivity contribution in [1.29, 1.82) is 0 Å². The smallest absolute Gasteiger partial charge is 0.136 e. The third kappa shape index (κ3) is 1.06. The maximum absolute atomic E-state index is 5.95. The second-order valence-electron chi connectivity index (χ2n) is 4.00. The van der Waals surface area contributed by atoms with Crippen molar-refractivity contribution in [3.8, 4) is 0 Å². The maximum Gasteiger partial charge on any atom is 0.136 e. The van der Waals surface area contributed by atoms with E-state index in [1.165, 1.54) is 12.0 Å². The first-order valence-electron chi connectivity index (χ1n) is 5.03. The van der Waals surface area contributed by atoms with Gasteiger partial charge in [-0.3, -0.25) is 0 Å². The highest BCUT2D eigenvalue weighted by Crippen LogP contribution is 2.35. The summed E-state index contributed by atoms with van der Waals surface area (Å²) in [5.74, 6) is 0.552. The Balaban J connectivity index is 2.04. The molecule has 3 heteroatoms. The first kappa shape index (κ1) is 8.00. The van der Waals surface area contributed by atoms with Gasteiger partial charge in [0.05, 0.1) is 0 Å². The zero-order valence-electron chi connectivity index (χ0n) is 7.93. The van der Waals surface area contributed by atoms with Crippen LogP contribution in [0.25, 0.3) is 5.65 Å². The molecule has 2 atom stereocenters. The molecule has 1 saturated carbocycles. The van der Waals surface area contributed by atoms with Crippen LogP contribution in [0.5, 0.6) is 0 Å². The molecule has 2 aromatic heterocycles. The Hall–Kier alpha value is -1.35. The van der Waals surface area contributed by atoms with Crippen molar-refractivity contribution >= 4 is 5.65 Å². The van der Waals surface area contributed by atoms with E-state index in [0.717, 1.165) is 12.1 Å². The normalized spacial score (nSPS) is 26.4. The van der Waals surface area contributed by atoms with Crippen molar-refractivity contribution in [1.82, 2.24) is 9.38 Å². The average Bonchev–Trinajstić information content (AvgIpc) is 2.62. The van der Waals surface area contributed by atoms with E-state index in [9.17, 15) is 0 Å². The molecule has 1 aliphatic rings. The summed E-state index contributed by atoms with van der Waals surface area (Å²) >= 11 is 0. The SMILES string of the molecule is NC1CCC1c1ccn2ccnc2c1. The zero-order valence-corrected chi connectivity index (χ0v) is 7.93. The number of rotatable bonds is 1. The zero-order chi connectivity index (χ0) is 9.54. The van der Waals surface area contributed by atoms with E-state index in [1.807, 2.05) is 16.8 Å². The molecule has 2 unspecified atom stereocenters. The van der Waals surface area contributed by atoms with Crippen molar-refractivity contribution in [2.45, 2.75) is 24.8 Å². The average molecular weight is 187 g/mol. The molecular weight excluding hydrogens is 174 g/mol. The Labute approximate surface area is 82.6 Å². The number of hydrogen-bond donors (Lipinski definition) is 1. The van der Waals surface area contributed by atoms with Crippen LogP contribution in [0, 0.1) is 0 Å². The van der Waals surface area contributed by atoms with Crippen molar-refractivity contribution < 1.29 is 0 Å². The van der Waals surface area contributed by atoms with Gasteiger partial charge in [0.25, 0.3) is 0 Å². The van der Waals surface area contributed by atoms with Crippen LogP contribution in [-0.4, -0.2) is 15.4 Å². The van der Waals surface area contributed by atoms with Crippen molar-refractivity contribution in [2.75, 3.05) is 0 Å². The number of pyridine rings is 1. The molecule has 72 valence electrons. The van der Waals surface area contributed by atoms with Crippen molar-refractivity contribution in [3.05, 3.63) is 36.3 Å². The summed E-state index contributed by atoms with van der Waals surface area (Å²) in [6.45, 7) is 0. The number of nitrogens with two attached hydrogens (primary N) is 1. The lowest BCUT2D eigenvalue weighted by Gasteiger charge is -2.33. The summed E-state index contributed by atoms with van der Waals surface area (Å²) in [4.78, 5) is 4.27. The van der Waals surface area contributed by atoms with Gasteiger partial charge in [0.2, 0.25) is 0 Å². The summed E-state index contributed by atoms with van der Waals surface area (Å²) in [7, 11) is 0. The van der Waals surface area contributed by atoms with E-state index >= 15 is 0 Å².